The Balaban J connectivity index is 1.23. The fourth-order valence-corrected chi connectivity index (χ4v) is 7.51. The lowest BCUT2D eigenvalue weighted by Crippen LogP contribution is -2.53. The van der Waals surface area contributed by atoms with Crippen LogP contribution in [0.5, 0.6) is 0 Å². The Bertz CT molecular complexity index is 1640. The lowest BCUT2D eigenvalue weighted by molar-refractivity contribution is -0.209. The quantitative estimate of drug-likeness (QED) is 0.196. The third kappa shape index (κ3) is 9.23. The molecule has 6 rings (SSSR count). The number of amides is 2. The Labute approximate surface area is 318 Å². The van der Waals surface area contributed by atoms with Crippen LogP contribution in [0.2, 0.25) is 0 Å². The van der Waals surface area contributed by atoms with Gasteiger partial charge in [-0.05, 0) is 111 Å². The van der Waals surface area contributed by atoms with Gasteiger partial charge in [0.15, 0.2) is 5.79 Å². The maximum Gasteiger partial charge on any atom is 0.338 e. The van der Waals surface area contributed by atoms with Crippen molar-refractivity contribution in [3.8, 4) is 0 Å². The first-order valence-electron chi connectivity index (χ1n) is 18.2. The first-order chi connectivity index (χ1) is 24.8. The van der Waals surface area contributed by atoms with Crippen LogP contribution in [0.25, 0.3) is 0 Å². The van der Waals surface area contributed by atoms with E-state index in [1.54, 1.807) is 46.0 Å². The molecular weight excluding hydrogens is 779 g/mol. The second-order valence-electron chi connectivity index (χ2n) is 15.4. The van der Waals surface area contributed by atoms with Crippen molar-refractivity contribution in [1.29, 1.82) is 0 Å². The zero-order valence-corrected chi connectivity index (χ0v) is 32.4. The molecule has 1 aliphatic heterocycles. The van der Waals surface area contributed by atoms with Gasteiger partial charge in [0.1, 0.15) is 30.0 Å². The number of rotatable bonds is 14. The summed E-state index contributed by atoms with van der Waals surface area (Å²) in [7, 11) is 1.58. The molecule has 280 valence electrons. The molecule has 0 bridgehead atoms. The van der Waals surface area contributed by atoms with Gasteiger partial charge in [0.25, 0.3) is 0 Å². The van der Waals surface area contributed by atoms with E-state index in [0.29, 0.717) is 11.1 Å². The van der Waals surface area contributed by atoms with Crippen molar-refractivity contribution in [1.82, 2.24) is 10.2 Å². The molecule has 4 aliphatic rings. The highest BCUT2D eigenvalue weighted by atomic mass is 127. The van der Waals surface area contributed by atoms with E-state index in [9.17, 15) is 24.3 Å². The van der Waals surface area contributed by atoms with Crippen LogP contribution in [0.1, 0.15) is 81.6 Å². The number of aliphatic hydroxyl groups excluding tert-OH is 1. The van der Waals surface area contributed by atoms with Gasteiger partial charge in [-0.2, -0.15) is 0 Å². The Morgan fingerprint density at radius 1 is 1.00 bits per heavy atom. The number of hydrogen-bond acceptors (Lipinski definition) is 9. The van der Waals surface area contributed by atoms with Crippen molar-refractivity contribution < 1.29 is 43.2 Å². The van der Waals surface area contributed by atoms with Crippen molar-refractivity contribution in [3.63, 3.8) is 0 Å². The number of fused-ring (bicyclic) bond motifs is 1. The molecule has 3 aliphatic carbocycles. The third-order valence-electron chi connectivity index (χ3n) is 10.1. The van der Waals surface area contributed by atoms with Gasteiger partial charge in [-0.25, -0.2) is 4.79 Å². The molecule has 3 fully saturated rings. The fraction of sp³-hybridized carbons (Fsp3) is 0.550. The first kappa shape index (κ1) is 38.4. The lowest BCUT2D eigenvalue weighted by Gasteiger charge is -2.34. The number of hydrogen-bond donors (Lipinski definition) is 2. The topological polar surface area (TPSA) is 141 Å². The number of nitrogens with one attached hydrogen (secondary N) is 1. The fourth-order valence-electron chi connectivity index (χ4n) is 7.15. The van der Waals surface area contributed by atoms with Crippen LogP contribution in [0.3, 0.4) is 0 Å². The van der Waals surface area contributed by atoms with Crippen LogP contribution in [0, 0.1) is 15.4 Å². The molecule has 0 unspecified atom stereocenters. The largest absolute Gasteiger partial charge is 0.460 e. The molecule has 5 atom stereocenters. The molecule has 2 aromatic carbocycles. The van der Waals surface area contributed by atoms with E-state index >= 15 is 0 Å². The first-order valence-corrected chi connectivity index (χ1v) is 19.3. The summed E-state index contributed by atoms with van der Waals surface area (Å²) in [5, 5.41) is 13.0. The second kappa shape index (κ2) is 16.0. The van der Waals surface area contributed by atoms with Crippen molar-refractivity contribution in [2.24, 2.45) is 11.8 Å². The molecule has 11 nitrogen and oxygen atoms in total. The third-order valence-corrected chi connectivity index (χ3v) is 10.8. The minimum atomic E-state index is -0.963. The van der Waals surface area contributed by atoms with E-state index in [2.05, 4.69) is 27.9 Å². The van der Waals surface area contributed by atoms with Gasteiger partial charge >= 0.3 is 11.9 Å². The zero-order chi connectivity index (χ0) is 37.2. The SMILES string of the molecule is CN(C(=O)C1=C[C@H]2OC(C3CC3)(C3CC3)O[C@H]2[C@H](OC(=O)c2ccc(I)cc2)C1)[C@H](Cc1ccccc1)C(=O)N[C@H](CO)CCC(=O)OC(C)(C)C. The highest BCUT2D eigenvalue weighted by Gasteiger charge is 2.64. The minimum absolute atomic E-state index is 0.00391. The highest BCUT2D eigenvalue weighted by molar-refractivity contribution is 14.1. The van der Waals surface area contributed by atoms with E-state index in [1.807, 2.05) is 42.5 Å². The number of benzene rings is 2. The van der Waals surface area contributed by atoms with Crippen LogP contribution in [-0.4, -0.2) is 89.2 Å². The summed E-state index contributed by atoms with van der Waals surface area (Å²) in [5.41, 5.74) is 0.947. The van der Waals surface area contributed by atoms with Crippen LogP contribution in [0.15, 0.2) is 66.2 Å². The molecule has 2 amide bonds. The summed E-state index contributed by atoms with van der Waals surface area (Å²) in [5.74, 6) is -2.04. The van der Waals surface area contributed by atoms with Gasteiger partial charge in [-0.1, -0.05) is 30.3 Å². The van der Waals surface area contributed by atoms with Gasteiger partial charge in [0, 0.05) is 47.3 Å². The number of halogens is 1. The van der Waals surface area contributed by atoms with Crippen LogP contribution >= 0.6 is 22.6 Å². The van der Waals surface area contributed by atoms with Crippen LogP contribution in [-0.2, 0) is 39.8 Å². The number of ether oxygens (including phenoxy) is 4. The molecule has 0 spiro atoms. The van der Waals surface area contributed by atoms with E-state index in [0.717, 1.165) is 34.8 Å². The molecule has 52 heavy (non-hydrogen) atoms. The Hall–Kier alpha value is -3.33. The highest BCUT2D eigenvalue weighted by Crippen LogP contribution is 2.59. The molecule has 2 saturated carbocycles. The predicted octanol–water partition coefficient (Wildman–Crippen LogP) is 5.12. The lowest BCUT2D eigenvalue weighted by atomic mass is 9.90. The summed E-state index contributed by atoms with van der Waals surface area (Å²) >= 11 is 2.18. The number of carbonyl (C=O) groups is 4. The summed E-state index contributed by atoms with van der Waals surface area (Å²) in [4.78, 5) is 55.6. The van der Waals surface area contributed by atoms with Gasteiger partial charge in [-0.3, -0.25) is 14.4 Å². The minimum Gasteiger partial charge on any atom is -0.460 e. The summed E-state index contributed by atoms with van der Waals surface area (Å²) < 4.78 is 26.0. The molecule has 12 heteroatoms. The second-order valence-corrected chi connectivity index (χ2v) is 16.7. The summed E-state index contributed by atoms with van der Waals surface area (Å²) in [6.45, 7) is 4.93. The number of esters is 2. The summed E-state index contributed by atoms with van der Waals surface area (Å²) in [6.07, 6.45) is 4.29. The average Bonchev–Trinajstić information content (AvgIpc) is 4.06. The number of likely N-dealkylation sites (N-methyl/N-ethyl adjacent to an activating group) is 1. The standard InChI is InChI=1S/C40H49IN2O9/c1-39(2,3)51-34(45)19-18-30(23-44)42-36(46)31(20-24-8-6-5-7-9-24)43(4)37(47)26-21-32(49-38(48)25-10-16-29(41)17-11-25)35-33(22-26)50-40(52-35,27-12-13-27)28-14-15-28/h5-11,16-17,22,27-28,30-33,35,44H,12-15,18-21,23H2,1-4H3,(H,42,46)/t30-,31+,32+,33+,35-/m0/s1. The van der Waals surface area contributed by atoms with Crippen molar-refractivity contribution >= 4 is 46.3 Å². The Morgan fingerprint density at radius 3 is 2.25 bits per heavy atom. The molecule has 2 N–H and O–H groups in total. The van der Waals surface area contributed by atoms with Gasteiger partial charge < -0.3 is 34.3 Å². The van der Waals surface area contributed by atoms with Crippen molar-refractivity contribution in [2.75, 3.05) is 13.7 Å². The van der Waals surface area contributed by atoms with Gasteiger partial charge in [0.05, 0.1) is 18.2 Å². The Morgan fingerprint density at radius 2 is 1.65 bits per heavy atom. The van der Waals surface area contributed by atoms with Crippen LogP contribution < -0.4 is 5.32 Å². The molecule has 2 aromatic rings. The van der Waals surface area contributed by atoms with E-state index in [4.69, 9.17) is 18.9 Å². The average molecular weight is 829 g/mol. The van der Waals surface area contributed by atoms with E-state index < -0.39 is 72.1 Å². The molecule has 0 radical (unpaired) electrons. The van der Waals surface area contributed by atoms with Gasteiger partial charge in [0.2, 0.25) is 11.8 Å². The number of aliphatic hydroxyl groups is 1. The maximum atomic E-state index is 14.4. The predicted molar refractivity (Wildman–Crippen MR) is 200 cm³/mol. The molecule has 1 saturated heterocycles. The summed E-state index contributed by atoms with van der Waals surface area (Å²) in [6, 6.07) is 14.8. The van der Waals surface area contributed by atoms with Crippen molar-refractivity contribution in [2.45, 2.75) is 114 Å². The Kier molecular flexibility index (Phi) is 11.8. The molecule has 1 heterocycles. The smallest absolute Gasteiger partial charge is 0.338 e. The van der Waals surface area contributed by atoms with Crippen LogP contribution in [0.4, 0.5) is 0 Å². The normalized spacial score (nSPS) is 23.4. The maximum absolute atomic E-state index is 14.4. The number of nitrogens with zero attached hydrogens (tertiary/aromatic N) is 1. The number of carbonyl (C=O) groups excluding carboxylic acids is 4. The van der Waals surface area contributed by atoms with E-state index in [-0.39, 0.29) is 37.5 Å². The zero-order valence-electron chi connectivity index (χ0n) is 30.2. The molecule has 0 aromatic heterocycles. The van der Waals surface area contributed by atoms with Gasteiger partial charge in [-0.15, -0.1) is 0 Å². The molecular formula is C40H49IN2O9. The monoisotopic (exact) mass is 828 g/mol. The van der Waals surface area contributed by atoms with E-state index in [1.165, 1.54) is 4.90 Å². The van der Waals surface area contributed by atoms with Crippen molar-refractivity contribution in [3.05, 3.63) is 80.9 Å².